The highest BCUT2D eigenvalue weighted by Gasteiger charge is 2.17. The third-order valence-corrected chi connectivity index (χ3v) is 7.50. The Labute approximate surface area is 311 Å². The highest BCUT2D eigenvalue weighted by molar-refractivity contribution is 7.09. The fraction of sp³-hybridized carbons (Fsp3) is 0.364. The zero-order valence-electron chi connectivity index (χ0n) is 27.9. The predicted octanol–water partition coefficient (Wildman–Crippen LogP) is 7.71. The number of carbonyl (C=O) groups is 3. The lowest BCUT2D eigenvalue weighted by atomic mass is 10.1. The Bertz CT molecular complexity index is 1560. The molecule has 268 valence electrons. The largest absolute Gasteiger partial charge is 0.459 e. The molecule has 0 aliphatic carbocycles. The van der Waals surface area contributed by atoms with Crippen LogP contribution in [0.2, 0.25) is 0 Å². The number of nitrogens with one attached hydrogen (secondary N) is 2. The first-order chi connectivity index (χ1) is 22.8. The van der Waals surface area contributed by atoms with Crippen molar-refractivity contribution in [3.8, 4) is 11.5 Å². The number of hydrogen-bond donors (Lipinski definition) is 3. The summed E-state index contributed by atoms with van der Waals surface area (Å²) in [5.41, 5.74) is 5.84. The number of ether oxygens (including phenoxy) is 3. The molecule has 16 heteroatoms. The van der Waals surface area contributed by atoms with E-state index in [0.29, 0.717) is 11.5 Å². The Morgan fingerprint density at radius 3 is 1.51 bits per heavy atom. The summed E-state index contributed by atoms with van der Waals surface area (Å²) in [4.78, 5) is 43.1. The van der Waals surface area contributed by atoms with E-state index in [2.05, 4.69) is 26.0 Å². The van der Waals surface area contributed by atoms with Gasteiger partial charge in [0.25, 0.3) is 0 Å². The van der Waals surface area contributed by atoms with Crippen LogP contribution in [0.1, 0.15) is 53.3 Å². The molecule has 0 aliphatic rings. The van der Waals surface area contributed by atoms with Crippen LogP contribution in [-0.4, -0.2) is 45.6 Å². The number of rotatable bonds is 10. The number of carbonyl (C=O) groups excluding carboxylic acids is 3. The fourth-order valence-corrected chi connectivity index (χ4v) is 5.14. The molecule has 2 heterocycles. The molecule has 0 spiro atoms. The van der Waals surface area contributed by atoms with Crippen molar-refractivity contribution >= 4 is 76.4 Å². The SMILES string of the molecule is Cc1nc(CCc2ccc(OC(=O)NCC(=O)OC(C)(C)C)cc2)cs1.Cc1nc(CCc2ccc(OC(=O)NN)cc2)cs1.Cl.ClCCl. The number of esters is 1. The lowest BCUT2D eigenvalue weighted by Gasteiger charge is -2.19. The smallest absolute Gasteiger partial charge is 0.426 e. The number of alkyl halides is 2. The Morgan fingerprint density at radius 2 is 1.16 bits per heavy atom. The molecule has 2 aromatic carbocycles. The van der Waals surface area contributed by atoms with Crippen LogP contribution in [0.4, 0.5) is 9.59 Å². The minimum absolute atomic E-state index is 0. The average Bonchev–Trinajstić information content (AvgIpc) is 3.66. The van der Waals surface area contributed by atoms with E-state index in [9.17, 15) is 14.4 Å². The zero-order chi connectivity index (χ0) is 35.5. The van der Waals surface area contributed by atoms with E-state index in [-0.39, 0.29) is 24.3 Å². The summed E-state index contributed by atoms with van der Waals surface area (Å²) < 4.78 is 15.2. The third-order valence-electron chi connectivity index (χ3n) is 5.86. The maximum Gasteiger partial charge on any atom is 0.426 e. The Balaban J connectivity index is 0.000000462. The average molecular weight is 775 g/mol. The number of aryl methyl sites for hydroxylation is 6. The van der Waals surface area contributed by atoms with Crippen molar-refractivity contribution in [2.75, 3.05) is 11.9 Å². The van der Waals surface area contributed by atoms with E-state index in [1.165, 1.54) is 5.56 Å². The van der Waals surface area contributed by atoms with Crippen LogP contribution >= 0.6 is 58.3 Å². The quantitative estimate of drug-likeness (QED) is 0.0483. The molecular formula is C33H42Cl3N5O6S2. The summed E-state index contributed by atoms with van der Waals surface area (Å²) in [7, 11) is 0. The molecule has 11 nitrogen and oxygen atoms in total. The molecule has 0 saturated heterocycles. The Morgan fingerprint density at radius 1 is 0.755 bits per heavy atom. The third kappa shape index (κ3) is 19.4. The van der Waals surface area contributed by atoms with Crippen molar-refractivity contribution in [1.82, 2.24) is 20.7 Å². The van der Waals surface area contributed by atoms with Crippen molar-refractivity contribution in [3.05, 3.63) is 91.8 Å². The second-order valence-corrected chi connectivity index (χ2v) is 13.9. The normalized spacial score (nSPS) is 10.2. The molecule has 0 aliphatic heterocycles. The topological polar surface area (TPSA) is 155 Å². The van der Waals surface area contributed by atoms with Gasteiger partial charge in [0.05, 0.1) is 26.7 Å². The first-order valence-electron chi connectivity index (χ1n) is 14.8. The van der Waals surface area contributed by atoms with Gasteiger partial charge in [0.2, 0.25) is 0 Å². The first kappa shape index (κ1) is 43.6. The number of nitrogens with two attached hydrogens (primary N) is 1. The van der Waals surface area contributed by atoms with Gasteiger partial charge in [-0.1, -0.05) is 24.3 Å². The van der Waals surface area contributed by atoms with Gasteiger partial charge < -0.3 is 19.5 Å². The second-order valence-electron chi connectivity index (χ2n) is 11.0. The lowest BCUT2D eigenvalue weighted by Crippen LogP contribution is -2.36. The summed E-state index contributed by atoms with van der Waals surface area (Å²) in [5, 5.41) is 8.88. The maximum atomic E-state index is 11.7. The van der Waals surface area contributed by atoms with E-state index in [1.807, 2.05) is 43.5 Å². The van der Waals surface area contributed by atoms with E-state index in [4.69, 9.17) is 43.3 Å². The molecule has 0 bridgehead atoms. The summed E-state index contributed by atoms with van der Waals surface area (Å²) in [5.74, 6) is 5.31. The molecule has 0 saturated carbocycles. The molecular weight excluding hydrogens is 733 g/mol. The first-order valence-corrected chi connectivity index (χ1v) is 17.6. The summed E-state index contributed by atoms with van der Waals surface area (Å²) in [6.45, 7) is 9.05. The van der Waals surface area contributed by atoms with Gasteiger partial charge in [-0.05, 0) is 95.7 Å². The summed E-state index contributed by atoms with van der Waals surface area (Å²) in [6, 6.07) is 14.6. The molecule has 4 aromatic rings. The Hall–Kier alpha value is -3.46. The van der Waals surface area contributed by atoms with Crippen LogP contribution < -0.4 is 26.1 Å². The van der Waals surface area contributed by atoms with Crippen LogP contribution in [0.25, 0.3) is 0 Å². The number of hydrogen-bond acceptors (Lipinski definition) is 11. The number of halogens is 3. The highest BCUT2D eigenvalue weighted by Crippen LogP contribution is 2.17. The van der Waals surface area contributed by atoms with Crippen molar-refractivity contribution in [3.63, 3.8) is 0 Å². The van der Waals surface area contributed by atoms with E-state index < -0.39 is 23.8 Å². The van der Waals surface area contributed by atoms with Gasteiger partial charge >= 0.3 is 18.2 Å². The second kappa shape index (κ2) is 23.0. The van der Waals surface area contributed by atoms with Gasteiger partial charge in [-0.25, -0.2) is 25.4 Å². The Kier molecular flexibility index (Phi) is 20.5. The maximum absolute atomic E-state index is 11.7. The van der Waals surface area contributed by atoms with Crippen LogP contribution in [0.3, 0.4) is 0 Å². The van der Waals surface area contributed by atoms with Crippen molar-refractivity contribution < 1.29 is 28.6 Å². The van der Waals surface area contributed by atoms with Crippen LogP contribution in [0, 0.1) is 13.8 Å². The highest BCUT2D eigenvalue weighted by atomic mass is 35.5. The molecule has 0 atom stereocenters. The lowest BCUT2D eigenvalue weighted by molar-refractivity contribution is -0.153. The predicted molar refractivity (Wildman–Crippen MR) is 198 cm³/mol. The standard InChI is InChI=1S/C19H24N2O4S.C13H15N3O2S.CH2Cl2.ClH/c1-13-21-15(12-26-13)8-5-14-6-9-16(10-7-14)24-18(23)20-11-17(22)25-19(2,3)4;1-9-15-11(8-19-9)5-2-10-3-6-12(7-4-10)18-13(17)16-14;2-1-3;/h6-7,9-10,12H,5,8,11H2,1-4H3,(H,20,23);3-4,6-8H,2,5,14H2,1H3,(H,16,17);1H2;1H. The van der Waals surface area contributed by atoms with Gasteiger partial charge in [0.15, 0.2) is 0 Å². The minimum atomic E-state index is -0.693. The summed E-state index contributed by atoms with van der Waals surface area (Å²) >= 11 is 12.8. The fourth-order valence-electron chi connectivity index (χ4n) is 3.84. The molecule has 49 heavy (non-hydrogen) atoms. The van der Waals surface area contributed by atoms with Gasteiger partial charge in [-0.2, -0.15) is 0 Å². The number of nitrogens with zero attached hydrogens (tertiary/aromatic N) is 2. The van der Waals surface area contributed by atoms with Gasteiger partial charge in [0.1, 0.15) is 23.6 Å². The monoisotopic (exact) mass is 773 g/mol. The summed E-state index contributed by atoms with van der Waals surface area (Å²) in [6.07, 6.45) is 2.20. The van der Waals surface area contributed by atoms with E-state index in [0.717, 1.165) is 52.6 Å². The molecule has 0 unspecified atom stereocenters. The number of amides is 2. The molecule has 2 aromatic heterocycles. The molecule has 0 radical (unpaired) electrons. The minimum Gasteiger partial charge on any atom is -0.459 e. The number of thiazole rings is 2. The molecule has 4 N–H and O–H groups in total. The van der Waals surface area contributed by atoms with Crippen LogP contribution in [-0.2, 0) is 35.2 Å². The van der Waals surface area contributed by atoms with E-state index >= 15 is 0 Å². The van der Waals surface area contributed by atoms with Crippen LogP contribution in [0.15, 0.2) is 59.3 Å². The number of aromatic nitrogens is 2. The number of hydrazine groups is 1. The van der Waals surface area contributed by atoms with Gasteiger partial charge in [0, 0.05) is 10.8 Å². The van der Waals surface area contributed by atoms with Crippen molar-refractivity contribution in [1.29, 1.82) is 0 Å². The van der Waals surface area contributed by atoms with Crippen molar-refractivity contribution in [2.45, 2.75) is 65.9 Å². The zero-order valence-corrected chi connectivity index (χ0v) is 31.9. The molecule has 0 fully saturated rings. The molecule has 2 amide bonds. The number of benzene rings is 2. The van der Waals surface area contributed by atoms with Crippen molar-refractivity contribution in [2.24, 2.45) is 5.84 Å². The van der Waals surface area contributed by atoms with Gasteiger partial charge in [-0.15, -0.1) is 58.3 Å². The van der Waals surface area contributed by atoms with Gasteiger partial charge in [-0.3, -0.25) is 10.2 Å². The molecule has 4 rings (SSSR count). The van der Waals surface area contributed by atoms with E-state index in [1.54, 1.807) is 67.7 Å². The van der Waals surface area contributed by atoms with Crippen LogP contribution in [0.5, 0.6) is 11.5 Å².